The van der Waals surface area contributed by atoms with Gasteiger partial charge in [-0.2, -0.15) is 0 Å². The van der Waals surface area contributed by atoms with Crippen LogP contribution < -0.4 is 5.32 Å². The maximum atomic E-state index is 11.0. The van der Waals surface area contributed by atoms with E-state index in [1.807, 2.05) is 0 Å². The van der Waals surface area contributed by atoms with Crippen LogP contribution in [-0.4, -0.2) is 64.4 Å². The summed E-state index contributed by atoms with van der Waals surface area (Å²) < 4.78 is 9.79. The fourth-order valence-electron chi connectivity index (χ4n) is 1.80. The highest BCUT2D eigenvalue weighted by Crippen LogP contribution is 2.22. The number of hydrogen-bond acceptors (Lipinski definition) is 7. The summed E-state index contributed by atoms with van der Waals surface area (Å²) >= 11 is 0. The van der Waals surface area contributed by atoms with Gasteiger partial charge in [-0.05, 0) is 0 Å². The molecule has 0 aromatic heterocycles. The van der Waals surface area contributed by atoms with E-state index in [9.17, 15) is 19.8 Å². The molecule has 1 aliphatic heterocycles. The van der Waals surface area contributed by atoms with Crippen LogP contribution in [0, 0.1) is 0 Å². The number of aliphatic hydroxyl groups is 3. The van der Waals surface area contributed by atoms with E-state index in [1.165, 1.54) is 6.92 Å². The Morgan fingerprint density at radius 1 is 1.33 bits per heavy atom. The molecule has 18 heavy (non-hydrogen) atoms. The lowest BCUT2D eigenvalue weighted by Crippen LogP contribution is -2.65. The number of esters is 1. The van der Waals surface area contributed by atoms with Gasteiger partial charge in [0.05, 0.1) is 6.61 Å². The topological polar surface area (TPSA) is 125 Å². The highest BCUT2D eigenvalue weighted by atomic mass is 16.6. The number of hydrogen-bond donors (Lipinski definition) is 4. The second-order valence-electron chi connectivity index (χ2n) is 4.04. The zero-order chi connectivity index (χ0) is 13.9. The number of aliphatic hydroxyl groups excluding tert-OH is 3. The first kappa shape index (κ1) is 14.8. The average molecular weight is 263 g/mol. The van der Waals surface area contributed by atoms with Gasteiger partial charge in [-0.3, -0.25) is 9.59 Å². The maximum Gasteiger partial charge on any atom is 0.303 e. The number of amides is 1. The molecule has 1 fully saturated rings. The normalized spacial score (nSPS) is 35.9. The molecule has 0 saturated carbocycles. The molecule has 8 heteroatoms. The van der Waals surface area contributed by atoms with Crippen LogP contribution >= 0.6 is 0 Å². The van der Waals surface area contributed by atoms with Crippen LogP contribution in [0.25, 0.3) is 0 Å². The molecule has 4 N–H and O–H groups in total. The van der Waals surface area contributed by atoms with E-state index in [2.05, 4.69) is 5.32 Å². The maximum absolute atomic E-state index is 11.0. The zero-order valence-electron chi connectivity index (χ0n) is 10.1. The van der Waals surface area contributed by atoms with Crippen LogP contribution in [0.5, 0.6) is 0 Å². The lowest BCUT2D eigenvalue weighted by Gasteiger charge is -2.41. The first-order chi connectivity index (χ1) is 8.36. The largest absolute Gasteiger partial charge is 0.457 e. The summed E-state index contributed by atoms with van der Waals surface area (Å²) in [5.41, 5.74) is 0. The molecule has 1 saturated heterocycles. The van der Waals surface area contributed by atoms with Crippen molar-refractivity contribution in [3.05, 3.63) is 0 Å². The van der Waals surface area contributed by atoms with Crippen LogP contribution in [-0.2, 0) is 19.1 Å². The third kappa shape index (κ3) is 3.39. The van der Waals surface area contributed by atoms with Crippen molar-refractivity contribution in [3.8, 4) is 0 Å². The Labute approximate surface area is 104 Å². The van der Waals surface area contributed by atoms with Crippen molar-refractivity contribution < 1.29 is 34.4 Å². The van der Waals surface area contributed by atoms with E-state index >= 15 is 0 Å². The highest BCUT2D eigenvalue weighted by molar-refractivity contribution is 5.73. The Kier molecular flexibility index (Phi) is 5.03. The fraction of sp³-hybridized carbons (Fsp3) is 0.800. The molecule has 1 unspecified atom stereocenters. The van der Waals surface area contributed by atoms with Gasteiger partial charge in [0, 0.05) is 13.8 Å². The van der Waals surface area contributed by atoms with Crippen molar-refractivity contribution in [2.45, 2.75) is 44.5 Å². The highest BCUT2D eigenvalue weighted by Gasteiger charge is 2.46. The molecule has 0 spiro atoms. The number of nitrogens with one attached hydrogen (secondary N) is 1. The molecule has 0 aromatic rings. The fourth-order valence-corrected chi connectivity index (χ4v) is 1.80. The van der Waals surface area contributed by atoms with E-state index in [4.69, 9.17) is 14.6 Å². The van der Waals surface area contributed by atoms with Crippen molar-refractivity contribution in [3.63, 3.8) is 0 Å². The van der Waals surface area contributed by atoms with Crippen LogP contribution in [0.3, 0.4) is 0 Å². The molecule has 0 aliphatic carbocycles. The van der Waals surface area contributed by atoms with Crippen molar-refractivity contribution in [1.29, 1.82) is 0 Å². The monoisotopic (exact) mass is 263 g/mol. The molecule has 1 amide bonds. The van der Waals surface area contributed by atoms with E-state index in [-0.39, 0.29) is 0 Å². The van der Waals surface area contributed by atoms with Crippen LogP contribution in [0.1, 0.15) is 13.8 Å². The van der Waals surface area contributed by atoms with Gasteiger partial charge < -0.3 is 30.1 Å². The van der Waals surface area contributed by atoms with Crippen molar-refractivity contribution in [1.82, 2.24) is 5.32 Å². The summed E-state index contributed by atoms with van der Waals surface area (Å²) in [5, 5.41) is 30.8. The SMILES string of the molecule is CC(=O)N[C@H]1C(O)O[C@H](CO)[C@@H](O)[C@@H]1OC(C)=O. The number of rotatable bonds is 3. The van der Waals surface area contributed by atoms with Gasteiger partial charge in [0.15, 0.2) is 12.4 Å². The molecule has 0 radical (unpaired) electrons. The molecule has 104 valence electrons. The van der Waals surface area contributed by atoms with Gasteiger partial charge in [-0.1, -0.05) is 0 Å². The molecule has 0 bridgehead atoms. The second kappa shape index (κ2) is 6.10. The predicted octanol–water partition coefficient (Wildman–Crippen LogP) is -2.51. The van der Waals surface area contributed by atoms with Crippen molar-refractivity contribution in [2.75, 3.05) is 6.61 Å². The Morgan fingerprint density at radius 2 is 1.94 bits per heavy atom. The molecular formula is C10H17NO7. The predicted molar refractivity (Wildman–Crippen MR) is 57.1 cm³/mol. The molecule has 1 heterocycles. The molecule has 5 atom stereocenters. The zero-order valence-corrected chi connectivity index (χ0v) is 10.1. The van der Waals surface area contributed by atoms with Crippen LogP contribution in [0.15, 0.2) is 0 Å². The summed E-state index contributed by atoms with van der Waals surface area (Å²) in [6.07, 6.45) is -5.11. The standard InChI is InChI=1S/C10H17NO7/c1-4(13)11-7-9(17-5(2)14)8(15)6(3-12)18-10(7)16/h6-10,12,15-16H,3H2,1-2H3,(H,11,13)/t6-,7-,8-,9-,10?/m1/s1. The third-order valence-electron chi connectivity index (χ3n) is 2.54. The molecular weight excluding hydrogens is 246 g/mol. The van der Waals surface area contributed by atoms with Gasteiger partial charge in [-0.25, -0.2) is 0 Å². The van der Waals surface area contributed by atoms with Gasteiger partial charge in [0.25, 0.3) is 0 Å². The summed E-state index contributed by atoms with van der Waals surface area (Å²) in [4.78, 5) is 22.0. The number of carbonyl (C=O) groups excluding carboxylic acids is 2. The summed E-state index contributed by atoms with van der Waals surface area (Å²) in [5.74, 6) is -1.16. The van der Waals surface area contributed by atoms with E-state index in [0.29, 0.717) is 0 Å². The van der Waals surface area contributed by atoms with Gasteiger partial charge in [0.2, 0.25) is 5.91 Å². The van der Waals surface area contributed by atoms with Crippen LogP contribution in [0.2, 0.25) is 0 Å². The van der Waals surface area contributed by atoms with E-state index in [0.717, 1.165) is 6.92 Å². The minimum absolute atomic E-state index is 0.477. The summed E-state index contributed by atoms with van der Waals surface area (Å²) in [6.45, 7) is 1.79. The first-order valence-electron chi connectivity index (χ1n) is 5.43. The molecule has 1 aliphatic rings. The Hall–Kier alpha value is -1.22. The van der Waals surface area contributed by atoms with Crippen LogP contribution in [0.4, 0.5) is 0 Å². The Bertz CT molecular complexity index is 321. The summed E-state index contributed by atoms with van der Waals surface area (Å²) in [6, 6.07) is -1.09. The minimum Gasteiger partial charge on any atom is -0.457 e. The Morgan fingerprint density at radius 3 is 2.39 bits per heavy atom. The van der Waals surface area contributed by atoms with Gasteiger partial charge in [-0.15, -0.1) is 0 Å². The minimum atomic E-state index is -1.49. The smallest absolute Gasteiger partial charge is 0.303 e. The van der Waals surface area contributed by atoms with E-state index in [1.54, 1.807) is 0 Å². The van der Waals surface area contributed by atoms with E-state index < -0.39 is 49.1 Å². The summed E-state index contributed by atoms with van der Waals surface area (Å²) in [7, 11) is 0. The quantitative estimate of drug-likeness (QED) is 0.414. The first-order valence-corrected chi connectivity index (χ1v) is 5.43. The van der Waals surface area contributed by atoms with Crippen molar-refractivity contribution >= 4 is 11.9 Å². The number of ether oxygens (including phenoxy) is 2. The van der Waals surface area contributed by atoms with Crippen molar-refractivity contribution in [2.24, 2.45) is 0 Å². The second-order valence-corrected chi connectivity index (χ2v) is 4.04. The molecule has 1 rings (SSSR count). The Balaban J connectivity index is 2.89. The molecule has 0 aromatic carbocycles. The lowest BCUT2D eigenvalue weighted by atomic mass is 9.96. The third-order valence-corrected chi connectivity index (χ3v) is 2.54. The van der Waals surface area contributed by atoms with Gasteiger partial charge >= 0.3 is 5.97 Å². The molecule has 8 nitrogen and oxygen atoms in total. The number of carbonyl (C=O) groups is 2. The lowest BCUT2D eigenvalue weighted by molar-refractivity contribution is -0.258. The van der Waals surface area contributed by atoms with Gasteiger partial charge in [0.1, 0.15) is 18.2 Å². The average Bonchev–Trinajstić information content (AvgIpc) is 2.27.